The topological polar surface area (TPSA) is 26.0 Å². The van der Waals surface area contributed by atoms with E-state index in [0.29, 0.717) is 11.8 Å². The van der Waals surface area contributed by atoms with Crippen LogP contribution in [0.15, 0.2) is 0 Å². The van der Waals surface area contributed by atoms with Crippen molar-refractivity contribution in [1.82, 2.24) is 0 Å². The second kappa shape index (κ2) is 4.21. The van der Waals surface area contributed by atoms with Crippen molar-refractivity contribution in [1.29, 1.82) is 0 Å². The van der Waals surface area contributed by atoms with Crippen molar-refractivity contribution in [2.24, 2.45) is 17.6 Å². The van der Waals surface area contributed by atoms with Crippen molar-refractivity contribution in [3.8, 4) is 0 Å². The highest BCUT2D eigenvalue weighted by Crippen LogP contribution is 2.09. The van der Waals surface area contributed by atoms with Crippen LogP contribution in [0.3, 0.4) is 0 Å². The number of hydrogen-bond acceptors (Lipinski definition) is 2. The van der Waals surface area contributed by atoms with Gasteiger partial charge in [0, 0.05) is 0 Å². The Morgan fingerprint density at radius 1 is 1.38 bits per heavy atom. The summed E-state index contributed by atoms with van der Waals surface area (Å²) in [5.41, 5.74) is 5.41. The molecule has 1 nitrogen and oxygen atoms in total. The van der Waals surface area contributed by atoms with E-state index in [9.17, 15) is 0 Å². The fourth-order valence-corrected chi connectivity index (χ4v) is 0.772. The van der Waals surface area contributed by atoms with Crippen molar-refractivity contribution < 1.29 is 0 Å². The van der Waals surface area contributed by atoms with E-state index in [4.69, 9.17) is 5.73 Å². The predicted molar refractivity (Wildman–Crippen MR) is 41.2 cm³/mol. The minimum atomic E-state index is 0.618. The molecule has 0 aromatic carbocycles. The van der Waals surface area contributed by atoms with Crippen LogP contribution in [-0.4, -0.2) is 12.3 Å². The molecule has 0 fully saturated rings. The Labute approximate surface area is 57.1 Å². The molecule has 0 heterocycles. The Morgan fingerprint density at radius 3 is 2.00 bits per heavy atom. The number of hydrogen-bond donors (Lipinski definition) is 2. The zero-order chi connectivity index (χ0) is 6.57. The van der Waals surface area contributed by atoms with E-state index in [0.717, 1.165) is 12.3 Å². The van der Waals surface area contributed by atoms with E-state index >= 15 is 0 Å². The Bertz CT molecular complexity index is 48.5. The zero-order valence-electron chi connectivity index (χ0n) is 5.59. The maximum atomic E-state index is 5.41. The van der Waals surface area contributed by atoms with E-state index in [1.807, 2.05) is 0 Å². The van der Waals surface area contributed by atoms with Crippen LogP contribution in [-0.2, 0) is 0 Å². The molecule has 0 saturated carbocycles. The monoisotopic (exact) mass is 133 g/mol. The molecule has 0 aliphatic heterocycles. The first-order chi connectivity index (χ1) is 3.72. The minimum absolute atomic E-state index is 0.618. The van der Waals surface area contributed by atoms with Crippen molar-refractivity contribution in [2.75, 3.05) is 12.3 Å². The van der Waals surface area contributed by atoms with E-state index < -0.39 is 0 Å². The lowest BCUT2D eigenvalue weighted by Gasteiger charge is -2.14. The molecule has 50 valence electrons. The molecule has 2 unspecified atom stereocenters. The second-order valence-electron chi connectivity index (χ2n) is 2.37. The normalized spacial score (nSPS) is 18.0. The third-order valence-corrected chi connectivity index (χ3v) is 2.21. The van der Waals surface area contributed by atoms with Gasteiger partial charge in [-0.15, -0.1) is 0 Å². The van der Waals surface area contributed by atoms with Gasteiger partial charge in [0.1, 0.15) is 0 Å². The van der Waals surface area contributed by atoms with Gasteiger partial charge >= 0.3 is 0 Å². The van der Waals surface area contributed by atoms with E-state index in [1.165, 1.54) is 0 Å². The summed E-state index contributed by atoms with van der Waals surface area (Å²) >= 11 is 4.15. The quantitative estimate of drug-likeness (QED) is 0.555. The molecule has 2 heteroatoms. The Kier molecular flexibility index (Phi) is 4.38. The number of nitrogens with two attached hydrogens (primary N) is 1. The molecule has 0 spiro atoms. The third-order valence-electron chi connectivity index (χ3n) is 1.63. The SMILES string of the molecule is CC(CN)C(C)CS. The van der Waals surface area contributed by atoms with Gasteiger partial charge in [0.15, 0.2) is 0 Å². The summed E-state index contributed by atoms with van der Waals surface area (Å²) in [5, 5.41) is 0. The molecule has 0 rings (SSSR count). The summed E-state index contributed by atoms with van der Waals surface area (Å²) in [5.74, 6) is 2.22. The van der Waals surface area contributed by atoms with Crippen LogP contribution in [0, 0.1) is 11.8 Å². The van der Waals surface area contributed by atoms with Crippen molar-refractivity contribution in [3.05, 3.63) is 0 Å². The van der Waals surface area contributed by atoms with Gasteiger partial charge in [-0.3, -0.25) is 0 Å². The summed E-state index contributed by atoms with van der Waals surface area (Å²) < 4.78 is 0. The van der Waals surface area contributed by atoms with Crippen LogP contribution < -0.4 is 5.73 Å². The molecule has 0 radical (unpaired) electrons. The lowest BCUT2D eigenvalue weighted by molar-refractivity contribution is 0.437. The third kappa shape index (κ3) is 2.58. The maximum Gasteiger partial charge on any atom is -0.00487 e. The standard InChI is InChI=1S/C6H15NS/c1-5(3-7)6(2)4-8/h5-6,8H,3-4,7H2,1-2H3. The van der Waals surface area contributed by atoms with Crippen LogP contribution in [0.1, 0.15) is 13.8 Å². The average molecular weight is 133 g/mol. The van der Waals surface area contributed by atoms with Gasteiger partial charge in [-0.25, -0.2) is 0 Å². The second-order valence-corrected chi connectivity index (χ2v) is 2.74. The summed E-state index contributed by atoms with van der Waals surface area (Å²) in [6.07, 6.45) is 0. The molecule has 8 heavy (non-hydrogen) atoms. The smallest absolute Gasteiger partial charge is 0.00487 e. The van der Waals surface area contributed by atoms with Crippen molar-refractivity contribution >= 4 is 12.6 Å². The Hall–Kier alpha value is 0.310. The van der Waals surface area contributed by atoms with Gasteiger partial charge < -0.3 is 5.73 Å². The summed E-state index contributed by atoms with van der Waals surface area (Å²) in [4.78, 5) is 0. The van der Waals surface area contributed by atoms with Crippen molar-refractivity contribution in [3.63, 3.8) is 0 Å². The van der Waals surface area contributed by atoms with E-state index in [-0.39, 0.29) is 0 Å². The molecule has 0 aliphatic carbocycles. The molecule has 0 bridgehead atoms. The Balaban J connectivity index is 3.29. The van der Waals surface area contributed by atoms with Gasteiger partial charge in [-0.2, -0.15) is 12.6 Å². The predicted octanol–water partition coefficient (Wildman–Crippen LogP) is 1.15. The lowest BCUT2D eigenvalue weighted by Crippen LogP contribution is -2.19. The molecular weight excluding hydrogens is 118 g/mol. The van der Waals surface area contributed by atoms with E-state index in [1.54, 1.807) is 0 Å². The lowest BCUT2D eigenvalue weighted by atomic mass is 9.98. The maximum absolute atomic E-state index is 5.41. The largest absolute Gasteiger partial charge is 0.330 e. The van der Waals surface area contributed by atoms with Gasteiger partial charge in [0.25, 0.3) is 0 Å². The zero-order valence-corrected chi connectivity index (χ0v) is 6.49. The van der Waals surface area contributed by atoms with Gasteiger partial charge in [0.05, 0.1) is 0 Å². The van der Waals surface area contributed by atoms with Gasteiger partial charge in [0.2, 0.25) is 0 Å². The first-order valence-corrected chi connectivity index (χ1v) is 3.66. The summed E-state index contributed by atoms with van der Waals surface area (Å²) in [7, 11) is 0. The number of thiol groups is 1. The molecule has 0 aromatic rings. The average Bonchev–Trinajstić information content (AvgIpc) is 1.84. The molecule has 2 atom stereocenters. The first kappa shape index (κ1) is 8.31. The molecule has 0 saturated heterocycles. The highest BCUT2D eigenvalue weighted by molar-refractivity contribution is 7.80. The molecular formula is C6H15NS. The number of rotatable bonds is 3. The van der Waals surface area contributed by atoms with Crippen molar-refractivity contribution in [2.45, 2.75) is 13.8 Å². The highest BCUT2D eigenvalue weighted by Gasteiger charge is 2.06. The Morgan fingerprint density at radius 2 is 1.88 bits per heavy atom. The van der Waals surface area contributed by atoms with Crippen LogP contribution in [0.2, 0.25) is 0 Å². The summed E-state index contributed by atoms with van der Waals surface area (Å²) in [6.45, 7) is 5.10. The fraction of sp³-hybridized carbons (Fsp3) is 1.00. The highest BCUT2D eigenvalue weighted by atomic mass is 32.1. The van der Waals surface area contributed by atoms with Crippen LogP contribution in [0.25, 0.3) is 0 Å². The minimum Gasteiger partial charge on any atom is -0.330 e. The van der Waals surface area contributed by atoms with Crippen LogP contribution in [0.4, 0.5) is 0 Å². The van der Waals surface area contributed by atoms with Crippen LogP contribution >= 0.6 is 12.6 Å². The molecule has 0 aromatic heterocycles. The van der Waals surface area contributed by atoms with Crippen LogP contribution in [0.5, 0.6) is 0 Å². The first-order valence-electron chi connectivity index (χ1n) is 3.03. The van der Waals surface area contributed by atoms with E-state index in [2.05, 4.69) is 26.5 Å². The summed E-state index contributed by atoms with van der Waals surface area (Å²) in [6, 6.07) is 0. The molecule has 0 aliphatic rings. The molecule has 2 N–H and O–H groups in total. The van der Waals surface area contributed by atoms with Gasteiger partial charge in [-0.05, 0) is 24.1 Å². The molecule has 0 amide bonds. The van der Waals surface area contributed by atoms with Gasteiger partial charge in [-0.1, -0.05) is 13.8 Å². The fourth-order valence-electron chi connectivity index (χ4n) is 0.412.